The number of benzene rings is 4. The fourth-order valence-electron chi connectivity index (χ4n) is 7.87. The molecule has 46 heavy (non-hydrogen) atoms. The fraction of sp³-hybridized carbons (Fsp3) is 0.478. The number of aryl methyl sites for hydroxylation is 10. The highest BCUT2D eigenvalue weighted by Gasteiger charge is 2.34. The van der Waals surface area contributed by atoms with Crippen LogP contribution in [0.5, 0.6) is 0 Å². The highest BCUT2D eigenvalue weighted by molar-refractivity contribution is 5.77. The summed E-state index contributed by atoms with van der Waals surface area (Å²) in [4.78, 5) is 0. The summed E-state index contributed by atoms with van der Waals surface area (Å²) < 4.78 is 0. The Bertz CT molecular complexity index is 1340. The van der Waals surface area contributed by atoms with Crippen LogP contribution < -0.4 is 0 Å². The molecule has 0 unspecified atom stereocenters. The van der Waals surface area contributed by atoms with Gasteiger partial charge in [0.2, 0.25) is 0 Å². The zero-order valence-electron chi connectivity index (χ0n) is 32.2. The lowest BCUT2D eigenvalue weighted by Gasteiger charge is -2.39. The second-order valence-corrected chi connectivity index (χ2v) is 13.7. The maximum Gasteiger partial charge on any atom is -0.0120 e. The van der Waals surface area contributed by atoms with E-state index in [0.717, 1.165) is 0 Å². The first-order valence-electron chi connectivity index (χ1n) is 18.2. The van der Waals surface area contributed by atoms with Gasteiger partial charge in [0.1, 0.15) is 0 Å². The standard InChI is InChI=1S/C24H32.C18H22.2C2H6/c1-18-10-8-11-19(2)22(18)16-24(14-6-5-7-15-24)17-23-20(3)12-9-13-21(23)4;1-11-7-13(3)17(14(4)8-11)18-15(5)9-12(2)10-16(18)6;2*1-2/h8-13H,5-7,14-17H2,1-4H3;7-10H,1-6H3;2*1-2H3. The molecule has 250 valence electrons. The second-order valence-electron chi connectivity index (χ2n) is 13.7. The maximum absolute atomic E-state index is 2.29. The van der Waals surface area contributed by atoms with Gasteiger partial charge in [-0.15, -0.1) is 0 Å². The van der Waals surface area contributed by atoms with Gasteiger partial charge < -0.3 is 0 Å². The molecule has 0 heteroatoms. The first-order chi connectivity index (χ1) is 21.9. The number of hydrogen-bond donors (Lipinski definition) is 0. The van der Waals surface area contributed by atoms with Crippen molar-refractivity contribution in [1.29, 1.82) is 0 Å². The lowest BCUT2D eigenvalue weighted by atomic mass is 9.65. The molecule has 0 atom stereocenters. The molecule has 0 amide bonds. The van der Waals surface area contributed by atoms with Crippen LogP contribution in [0.1, 0.15) is 127 Å². The van der Waals surface area contributed by atoms with E-state index < -0.39 is 0 Å². The van der Waals surface area contributed by atoms with Gasteiger partial charge in [0.15, 0.2) is 0 Å². The maximum atomic E-state index is 2.29. The molecule has 0 aromatic heterocycles. The molecule has 5 rings (SSSR count). The van der Waals surface area contributed by atoms with Crippen LogP contribution in [0.15, 0.2) is 60.7 Å². The minimum absolute atomic E-state index is 0.450. The summed E-state index contributed by atoms with van der Waals surface area (Å²) in [7, 11) is 0. The number of hydrogen-bond acceptors (Lipinski definition) is 0. The van der Waals surface area contributed by atoms with Crippen LogP contribution in [-0.2, 0) is 12.8 Å². The van der Waals surface area contributed by atoms with Crippen molar-refractivity contribution in [1.82, 2.24) is 0 Å². The van der Waals surface area contributed by atoms with E-state index in [1.54, 1.807) is 11.1 Å². The van der Waals surface area contributed by atoms with Gasteiger partial charge in [0.25, 0.3) is 0 Å². The van der Waals surface area contributed by atoms with Crippen LogP contribution in [0.25, 0.3) is 11.1 Å². The molecule has 1 aliphatic carbocycles. The highest BCUT2D eigenvalue weighted by Crippen LogP contribution is 2.44. The summed E-state index contributed by atoms with van der Waals surface area (Å²) in [5.74, 6) is 0. The van der Waals surface area contributed by atoms with Crippen LogP contribution in [0.4, 0.5) is 0 Å². The summed E-state index contributed by atoms with van der Waals surface area (Å²) in [5.41, 5.74) is 20.6. The van der Waals surface area contributed by atoms with Crippen molar-refractivity contribution in [2.24, 2.45) is 5.41 Å². The molecule has 1 aliphatic rings. The van der Waals surface area contributed by atoms with E-state index >= 15 is 0 Å². The van der Waals surface area contributed by atoms with Crippen molar-refractivity contribution in [3.05, 3.63) is 127 Å². The van der Waals surface area contributed by atoms with E-state index in [1.165, 1.54) is 112 Å². The SMILES string of the molecule is CC.CC.Cc1cc(C)c(-c2c(C)cc(C)cc2C)c(C)c1.Cc1cccc(C)c1CC1(Cc2c(C)cccc2C)CCCCC1. The van der Waals surface area contributed by atoms with Crippen LogP contribution >= 0.6 is 0 Å². The van der Waals surface area contributed by atoms with E-state index in [9.17, 15) is 0 Å². The smallest absolute Gasteiger partial charge is 0.0120 e. The third-order valence-electron chi connectivity index (χ3n) is 9.91. The molecular weight excluding hydrogens is 553 g/mol. The average molecular weight is 619 g/mol. The van der Waals surface area contributed by atoms with Gasteiger partial charge in [-0.05, 0) is 167 Å². The highest BCUT2D eigenvalue weighted by atomic mass is 14.4. The van der Waals surface area contributed by atoms with Crippen molar-refractivity contribution in [3.63, 3.8) is 0 Å². The van der Waals surface area contributed by atoms with Crippen molar-refractivity contribution >= 4 is 0 Å². The van der Waals surface area contributed by atoms with Crippen molar-refractivity contribution in [2.75, 3.05) is 0 Å². The zero-order valence-corrected chi connectivity index (χ0v) is 32.2. The topological polar surface area (TPSA) is 0 Å². The molecule has 0 bridgehead atoms. The van der Waals surface area contributed by atoms with Crippen molar-refractivity contribution < 1.29 is 0 Å². The predicted octanol–water partition coefficient (Wildman–Crippen LogP) is 13.9. The Morgan fingerprint density at radius 3 is 0.978 bits per heavy atom. The summed E-state index contributed by atoms with van der Waals surface area (Å²) >= 11 is 0. The van der Waals surface area contributed by atoms with E-state index in [0.29, 0.717) is 5.41 Å². The van der Waals surface area contributed by atoms with Gasteiger partial charge >= 0.3 is 0 Å². The molecule has 4 aromatic carbocycles. The summed E-state index contributed by atoms with van der Waals surface area (Å²) in [6, 6.07) is 22.7. The van der Waals surface area contributed by atoms with E-state index in [1.807, 2.05) is 27.7 Å². The quantitative estimate of drug-likeness (QED) is 0.209. The Hall–Kier alpha value is -3.12. The predicted molar refractivity (Wildman–Crippen MR) is 208 cm³/mol. The fourth-order valence-corrected chi connectivity index (χ4v) is 7.87. The lowest BCUT2D eigenvalue weighted by Crippen LogP contribution is -2.30. The molecule has 1 fully saturated rings. The molecule has 4 aromatic rings. The minimum atomic E-state index is 0.450. The summed E-state index contributed by atoms with van der Waals surface area (Å²) in [6.07, 6.45) is 9.48. The monoisotopic (exact) mass is 619 g/mol. The number of rotatable bonds is 5. The summed E-state index contributed by atoms with van der Waals surface area (Å²) in [5, 5.41) is 0. The first kappa shape index (κ1) is 39.1. The van der Waals surface area contributed by atoms with Gasteiger partial charge in [0, 0.05) is 0 Å². The van der Waals surface area contributed by atoms with Crippen molar-refractivity contribution in [2.45, 2.75) is 142 Å². The largest absolute Gasteiger partial charge is 0.0683 e. The second kappa shape index (κ2) is 18.3. The Morgan fingerprint density at radius 1 is 0.413 bits per heavy atom. The first-order valence-corrected chi connectivity index (χ1v) is 18.2. The molecule has 0 spiro atoms. The molecule has 0 N–H and O–H groups in total. The third kappa shape index (κ3) is 9.94. The van der Waals surface area contributed by atoms with Crippen molar-refractivity contribution in [3.8, 4) is 11.1 Å². The minimum Gasteiger partial charge on any atom is -0.0683 e. The molecule has 0 saturated heterocycles. The van der Waals surface area contributed by atoms with Gasteiger partial charge in [-0.25, -0.2) is 0 Å². The Labute approximate surface area is 285 Å². The van der Waals surface area contributed by atoms with Gasteiger partial charge in [-0.2, -0.15) is 0 Å². The molecule has 0 radical (unpaired) electrons. The normalized spacial score (nSPS) is 13.3. The van der Waals surface area contributed by atoms with E-state index in [-0.39, 0.29) is 0 Å². The van der Waals surface area contributed by atoms with Gasteiger partial charge in [0.05, 0.1) is 0 Å². The van der Waals surface area contributed by atoms with Crippen LogP contribution in [0, 0.1) is 74.7 Å². The van der Waals surface area contributed by atoms with Crippen LogP contribution in [0.3, 0.4) is 0 Å². The molecule has 0 aliphatic heterocycles. The molecule has 0 heterocycles. The summed E-state index contributed by atoms with van der Waals surface area (Å²) in [6.45, 7) is 30.4. The Morgan fingerprint density at radius 2 is 0.696 bits per heavy atom. The molecular formula is C46H66. The zero-order chi connectivity index (χ0) is 34.6. The Balaban J connectivity index is 0.000000299. The van der Waals surface area contributed by atoms with Gasteiger partial charge in [-0.3, -0.25) is 0 Å². The Kier molecular flexibility index (Phi) is 15.5. The third-order valence-corrected chi connectivity index (χ3v) is 9.91. The van der Waals surface area contributed by atoms with E-state index in [2.05, 4.69) is 130 Å². The lowest BCUT2D eigenvalue weighted by molar-refractivity contribution is 0.185. The van der Waals surface area contributed by atoms with Crippen LogP contribution in [0.2, 0.25) is 0 Å². The average Bonchev–Trinajstić information content (AvgIpc) is 3.01. The molecule has 0 nitrogen and oxygen atoms in total. The molecule has 1 saturated carbocycles. The van der Waals surface area contributed by atoms with Gasteiger partial charge in [-0.1, -0.05) is 119 Å². The van der Waals surface area contributed by atoms with E-state index in [4.69, 9.17) is 0 Å². The van der Waals surface area contributed by atoms with Crippen LogP contribution in [-0.4, -0.2) is 0 Å².